The van der Waals surface area contributed by atoms with E-state index in [9.17, 15) is 4.79 Å². The first-order valence-corrected chi connectivity index (χ1v) is 8.14. The average Bonchev–Trinajstić information content (AvgIpc) is 2.61. The van der Waals surface area contributed by atoms with Gasteiger partial charge in [0.2, 0.25) is 0 Å². The summed E-state index contributed by atoms with van der Waals surface area (Å²) in [4.78, 5) is 12.9. The van der Waals surface area contributed by atoms with Gasteiger partial charge in [0.15, 0.2) is 0 Å². The Morgan fingerprint density at radius 1 is 0.826 bits per heavy atom. The summed E-state index contributed by atoms with van der Waals surface area (Å²) in [6.07, 6.45) is 1.80. The molecule has 116 valence electrons. The molecule has 0 aromatic heterocycles. The van der Waals surface area contributed by atoms with Gasteiger partial charge in [-0.15, -0.1) is 0 Å². The number of rotatable bonds is 4. The summed E-state index contributed by atoms with van der Waals surface area (Å²) in [5.41, 5.74) is 4.04. The standard InChI is InChI=1S/C21H21NO/c1-3-15-10-7-11-16(4-2)20(15)22-21(23)19-14-8-12-17-9-5-6-13-18(17)19/h5-14H,3-4H2,1-2H3,(H,22,23). The van der Waals surface area contributed by atoms with Gasteiger partial charge >= 0.3 is 0 Å². The van der Waals surface area contributed by atoms with Crippen molar-refractivity contribution < 1.29 is 4.79 Å². The Morgan fingerprint density at radius 2 is 1.43 bits per heavy atom. The summed E-state index contributed by atoms with van der Waals surface area (Å²) in [6.45, 7) is 4.23. The number of anilines is 1. The number of para-hydroxylation sites is 1. The van der Waals surface area contributed by atoms with Crippen LogP contribution in [0.25, 0.3) is 10.8 Å². The van der Waals surface area contributed by atoms with Gasteiger partial charge < -0.3 is 5.32 Å². The summed E-state index contributed by atoms with van der Waals surface area (Å²) in [7, 11) is 0. The molecule has 0 saturated heterocycles. The molecule has 3 rings (SSSR count). The van der Waals surface area contributed by atoms with Gasteiger partial charge in [-0.2, -0.15) is 0 Å². The highest BCUT2D eigenvalue weighted by atomic mass is 16.1. The van der Waals surface area contributed by atoms with Crippen molar-refractivity contribution in [3.05, 3.63) is 77.4 Å². The quantitative estimate of drug-likeness (QED) is 0.703. The first-order chi connectivity index (χ1) is 11.2. The van der Waals surface area contributed by atoms with E-state index >= 15 is 0 Å². The smallest absolute Gasteiger partial charge is 0.256 e. The molecule has 1 N–H and O–H groups in total. The fourth-order valence-electron chi connectivity index (χ4n) is 3.01. The maximum atomic E-state index is 12.9. The van der Waals surface area contributed by atoms with E-state index < -0.39 is 0 Å². The highest BCUT2D eigenvalue weighted by Gasteiger charge is 2.13. The zero-order valence-electron chi connectivity index (χ0n) is 13.6. The van der Waals surface area contributed by atoms with Gasteiger partial charge in [-0.05, 0) is 40.8 Å². The molecule has 0 aliphatic heterocycles. The minimum atomic E-state index is -0.0441. The van der Waals surface area contributed by atoms with E-state index in [4.69, 9.17) is 0 Å². The third kappa shape index (κ3) is 2.98. The second-order valence-corrected chi connectivity index (χ2v) is 5.64. The van der Waals surface area contributed by atoms with E-state index in [2.05, 4.69) is 37.4 Å². The number of hydrogen-bond donors (Lipinski definition) is 1. The molecule has 0 radical (unpaired) electrons. The molecule has 0 saturated carbocycles. The van der Waals surface area contributed by atoms with Gasteiger partial charge in [0.1, 0.15) is 0 Å². The lowest BCUT2D eigenvalue weighted by molar-refractivity contribution is 0.102. The highest BCUT2D eigenvalue weighted by Crippen LogP contribution is 2.25. The minimum absolute atomic E-state index is 0.0441. The molecule has 0 unspecified atom stereocenters. The molecular weight excluding hydrogens is 282 g/mol. The second-order valence-electron chi connectivity index (χ2n) is 5.64. The number of amides is 1. The number of benzene rings is 3. The Hall–Kier alpha value is -2.61. The van der Waals surface area contributed by atoms with Gasteiger partial charge in [0, 0.05) is 11.3 Å². The maximum Gasteiger partial charge on any atom is 0.256 e. The molecule has 23 heavy (non-hydrogen) atoms. The van der Waals surface area contributed by atoms with E-state index in [1.807, 2.05) is 42.5 Å². The molecule has 0 aliphatic carbocycles. The number of carbonyl (C=O) groups is 1. The van der Waals surface area contributed by atoms with Crippen molar-refractivity contribution in [1.29, 1.82) is 0 Å². The van der Waals surface area contributed by atoms with Crippen molar-refractivity contribution in [3.8, 4) is 0 Å². The number of fused-ring (bicyclic) bond motifs is 1. The number of carbonyl (C=O) groups excluding carboxylic acids is 1. The van der Waals surface area contributed by atoms with E-state index in [0.29, 0.717) is 0 Å². The Kier molecular flexibility index (Phi) is 4.42. The van der Waals surface area contributed by atoms with E-state index in [-0.39, 0.29) is 5.91 Å². The van der Waals surface area contributed by atoms with Crippen molar-refractivity contribution in [3.63, 3.8) is 0 Å². The zero-order chi connectivity index (χ0) is 16.2. The summed E-state index contributed by atoms with van der Waals surface area (Å²) in [5.74, 6) is -0.0441. The van der Waals surface area contributed by atoms with Crippen LogP contribution in [0.3, 0.4) is 0 Å². The average molecular weight is 303 g/mol. The normalized spacial score (nSPS) is 10.7. The summed E-state index contributed by atoms with van der Waals surface area (Å²) in [5, 5.41) is 5.22. The second kappa shape index (κ2) is 6.66. The molecule has 2 nitrogen and oxygen atoms in total. The predicted octanol–water partition coefficient (Wildman–Crippen LogP) is 5.22. The largest absolute Gasteiger partial charge is 0.321 e. The van der Waals surface area contributed by atoms with Crippen molar-refractivity contribution in [2.75, 3.05) is 5.32 Å². The van der Waals surface area contributed by atoms with Crippen LogP contribution in [0.15, 0.2) is 60.7 Å². The molecule has 0 spiro atoms. The Bertz CT molecular complexity index is 824. The molecular formula is C21H21NO. The van der Waals surface area contributed by atoms with Gasteiger partial charge in [0.25, 0.3) is 5.91 Å². The zero-order valence-corrected chi connectivity index (χ0v) is 13.6. The number of hydrogen-bond acceptors (Lipinski definition) is 1. The molecule has 0 aliphatic rings. The van der Waals surface area contributed by atoms with Crippen molar-refractivity contribution in [2.24, 2.45) is 0 Å². The lowest BCUT2D eigenvalue weighted by Gasteiger charge is -2.15. The predicted molar refractivity (Wildman–Crippen MR) is 97.1 cm³/mol. The molecule has 3 aromatic rings. The third-order valence-electron chi connectivity index (χ3n) is 4.27. The van der Waals surface area contributed by atoms with Crippen molar-refractivity contribution >= 4 is 22.4 Å². The Balaban J connectivity index is 2.02. The van der Waals surface area contributed by atoms with E-state index in [1.54, 1.807) is 0 Å². The van der Waals surface area contributed by atoms with Crippen LogP contribution in [-0.2, 0) is 12.8 Å². The van der Waals surface area contributed by atoms with Crippen LogP contribution in [0, 0.1) is 0 Å². The van der Waals surface area contributed by atoms with Gasteiger partial charge in [-0.3, -0.25) is 4.79 Å². The lowest BCUT2D eigenvalue weighted by atomic mass is 10.0. The third-order valence-corrected chi connectivity index (χ3v) is 4.27. The van der Waals surface area contributed by atoms with Gasteiger partial charge in [-0.1, -0.05) is 68.4 Å². The lowest BCUT2D eigenvalue weighted by Crippen LogP contribution is -2.15. The Morgan fingerprint density at radius 3 is 2.13 bits per heavy atom. The van der Waals surface area contributed by atoms with Crippen LogP contribution in [0.4, 0.5) is 5.69 Å². The fourth-order valence-corrected chi connectivity index (χ4v) is 3.01. The van der Waals surface area contributed by atoms with Crippen molar-refractivity contribution in [1.82, 2.24) is 0 Å². The molecule has 0 atom stereocenters. The van der Waals surface area contributed by atoms with Crippen LogP contribution in [0.2, 0.25) is 0 Å². The summed E-state index contributed by atoms with van der Waals surface area (Å²) >= 11 is 0. The van der Waals surface area contributed by atoms with Crippen LogP contribution in [-0.4, -0.2) is 5.91 Å². The van der Waals surface area contributed by atoms with Crippen LogP contribution < -0.4 is 5.32 Å². The molecule has 1 amide bonds. The van der Waals surface area contributed by atoms with Crippen LogP contribution in [0.5, 0.6) is 0 Å². The topological polar surface area (TPSA) is 29.1 Å². The summed E-state index contributed by atoms with van der Waals surface area (Å²) in [6, 6.07) is 20.1. The van der Waals surface area contributed by atoms with Crippen LogP contribution >= 0.6 is 0 Å². The molecule has 2 heteroatoms. The SMILES string of the molecule is CCc1cccc(CC)c1NC(=O)c1cccc2ccccc12. The first-order valence-electron chi connectivity index (χ1n) is 8.14. The number of aryl methyl sites for hydroxylation is 2. The first kappa shape index (κ1) is 15.3. The minimum Gasteiger partial charge on any atom is -0.321 e. The van der Waals surface area contributed by atoms with Crippen molar-refractivity contribution in [2.45, 2.75) is 26.7 Å². The maximum absolute atomic E-state index is 12.9. The highest BCUT2D eigenvalue weighted by molar-refractivity contribution is 6.13. The van der Waals surface area contributed by atoms with Gasteiger partial charge in [-0.25, -0.2) is 0 Å². The molecule has 0 fully saturated rings. The van der Waals surface area contributed by atoms with Crippen LogP contribution in [0.1, 0.15) is 35.3 Å². The molecule has 0 heterocycles. The van der Waals surface area contributed by atoms with E-state index in [1.165, 1.54) is 11.1 Å². The Labute approximate surface area is 137 Å². The molecule has 0 bridgehead atoms. The van der Waals surface area contributed by atoms with Gasteiger partial charge in [0.05, 0.1) is 0 Å². The molecule has 3 aromatic carbocycles. The number of nitrogens with one attached hydrogen (secondary N) is 1. The van der Waals surface area contributed by atoms with E-state index in [0.717, 1.165) is 34.9 Å². The fraction of sp³-hybridized carbons (Fsp3) is 0.190. The summed E-state index contributed by atoms with van der Waals surface area (Å²) < 4.78 is 0. The monoisotopic (exact) mass is 303 g/mol.